The predicted molar refractivity (Wildman–Crippen MR) is 80.7 cm³/mol. The van der Waals surface area contributed by atoms with Gasteiger partial charge in [0, 0.05) is 11.7 Å². The molecule has 2 aromatic rings. The van der Waals surface area contributed by atoms with E-state index in [9.17, 15) is 5.11 Å². The van der Waals surface area contributed by atoms with Crippen molar-refractivity contribution in [2.45, 2.75) is 32.7 Å². The molecule has 0 saturated heterocycles. The summed E-state index contributed by atoms with van der Waals surface area (Å²) in [4.78, 5) is 0. The zero-order valence-corrected chi connectivity index (χ0v) is 11.6. The Labute approximate surface area is 115 Å². The van der Waals surface area contributed by atoms with Crippen molar-refractivity contribution in [2.24, 2.45) is 0 Å². The SMILES string of the molecule is Cc1cccc(NC(C)CCc2ccc(O)cc2)c1. The van der Waals surface area contributed by atoms with Gasteiger partial charge in [0.1, 0.15) is 5.75 Å². The first kappa shape index (κ1) is 13.5. The predicted octanol–water partition coefficient (Wildman–Crippen LogP) is 4.13. The van der Waals surface area contributed by atoms with Crippen LogP contribution in [0.3, 0.4) is 0 Å². The minimum absolute atomic E-state index is 0.328. The maximum atomic E-state index is 9.24. The third kappa shape index (κ3) is 4.32. The molecule has 2 N–H and O–H groups in total. The number of hydrogen-bond donors (Lipinski definition) is 2. The van der Waals surface area contributed by atoms with Gasteiger partial charge >= 0.3 is 0 Å². The van der Waals surface area contributed by atoms with Crippen LogP contribution < -0.4 is 5.32 Å². The van der Waals surface area contributed by atoms with Gasteiger partial charge in [0.2, 0.25) is 0 Å². The van der Waals surface area contributed by atoms with E-state index < -0.39 is 0 Å². The van der Waals surface area contributed by atoms with E-state index in [-0.39, 0.29) is 0 Å². The van der Waals surface area contributed by atoms with Crippen molar-refractivity contribution in [2.75, 3.05) is 5.32 Å². The van der Waals surface area contributed by atoms with Crippen molar-refractivity contribution < 1.29 is 5.11 Å². The van der Waals surface area contributed by atoms with Gasteiger partial charge in [0.05, 0.1) is 0 Å². The fraction of sp³-hybridized carbons (Fsp3) is 0.294. The van der Waals surface area contributed by atoms with Crippen LogP contribution in [0, 0.1) is 6.92 Å². The molecule has 100 valence electrons. The quantitative estimate of drug-likeness (QED) is 0.841. The van der Waals surface area contributed by atoms with E-state index in [4.69, 9.17) is 0 Å². The monoisotopic (exact) mass is 255 g/mol. The molecule has 2 rings (SSSR count). The molecule has 0 aromatic heterocycles. The summed E-state index contributed by atoms with van der Waals surface area (Å²) in [5, 5.41) is 12.8. The first-order valence-electron chi connectivity index (χ1n) is 6.74. The van der Waals surface area contributed by atoms with Crippen LogP contribution in [0.4, 0.5) is 5.69 Å². The number of aromatic hydroxyl groups is 1. The average molecular weight is 255 g/mol. The lowest BCUT2D eigenvalue weighted by atomic mass is 10.1. The Hall–Kier alpha value is -1.96. The molecule has 2 nitrogen and oxygen atoms in total. The fourth-order valence-corrected chi connectivity index (χ4v) is 2.14. The zero-order chi connectivity index (χ0) is 13.7. The van der Waals surface area contributed by atoms with E-state index in [0.29, 0.717) is 11.8 Å². The number of anilines is 1. The minimum atomic E-state index is 0.328. The Balaban J connectivity index is 1.84. The summed E-state index contributed by atoms with van der Waals surface area (Å²) in [6.45, 7) is 4.30. The highest BCUT2D eigenvalue weighted by Crippen LogP contribution is 2.15. The number of phenols is 1. The molecule has 0 saturated carbocycles. The van der Waals surface area contributed by atoms with Crippen molar-refractivity contribution in [3.63, 3.8) is 0 Å². The molecule has 19 heavy (non-hydrogen) atoms. The second kappa shape index (κ2) is 6.28. The third-order valence-electron chi connectivity index (χ3n) is 3.23. The molecule has 0 heterocycles. The van der Waals surface area contributed by atoms with E-state index >= 15 is 0 Å². The maximum Gasteiger partial charge on any atom is 0.115 e. The highest BCUT2D eigenvalue weighted by molar-refractivity contribution is 5.46. The molecule has 0 fully saturated rings. The van der Waals surface area contributed by atoms with Crippen molar-refractivity contribution >= 4 is 5.69 Å². The first-order valence-corrected chi connectivity index (χ1v) is 6.74. The number of hydrogen-bond acceptors (Lipinski definition) is 2. The van der Waals surface area contributed by atoms with Crippen LogP contribution in [0.15, 0.2) is 48.5 Å². The maximum absolute atomic E-state index is 9.24. The molecule has 0 radical (unpaired) electrons. The summed E-state index contributed by atoms with van der Waals surface area (Å²) >= 11 is 0. The lowest BCUT2D eigenvalue weighted by Crippen LogP contribution is -2.15. The number of benzene rings is 2. The second-order valence-electron chi connectivity index (χ2n) is 5.12. The molecule has 0 aliphatic carbocycles. The van der Waals surface area contributed by atoms with Gasteiger partial charge in [0.15, 0.2) is 0 Å². The molecule has 0 aliphatic heterocycles. The van der Waals surface area contributed by atoms with Gasteiger partial charge in [0.25, 0.3) is 0 Å². The van der Waals surface area contributed by atoms with Gasteiger partial charge in [-0.15, -0.1) is 0 Å². The molecular formula is C17H21NO. The summed E-state index contributed by atoms with van der Waals surface area (Å²) in [7, 11) is 0. The smallest absolute Gasteiger partial charge is 0.115 e. The molecule has 2 aromatic carbocycles. The van der Waals surface area contributed by atoms with Crippen LogP contribution in [0.25, 0.3) is 0 Å². The molecule has 0 spiro atoms. The Morgan fingerprint density at radius 2 is 1.84 bits per heavy atom. The largest absolute Gasteiger partial charge is 0.508 e. The molecule has 0 bridgehead atoms. The zero-order valence-electron chi connectivity index (χ0n) is 11.6. The fourth-order valence-electron chi connectivity index (χ4n) is 2.14. The number of nitrogens with one attached hydrogen (secondary N) is 1. The minimum Gasteiger partial charge on any atom is -0.508 e. The third-order valence-corrected chi connectivity index (χ3v) is 3.23. The summed E-state index contributed by atoms with van der Waals surface area (Å²) in [5.41, 5.74) is 3.71. The molecule has 2 heteroatoms. The number of rotatable bonds is 5. The van der Waals surface area contributed by atoms with Crippen LogP contribution >= 0.6 is 0 Å². The Kier molecular flexibility index (Phi) is 4.45. The van der Waals surface area contributed by atoms with E-state index in [1.807, 2.05) is 12.1 Å². The van der Waals surface area contributed by atoms with Crippen LogP contribution in [0.2, 0.25) is 0 Å². The number of phenolic OH excluding ortho intramolecular Hbond substituents is 1. The Morgan fingerprint density at radius 3 is 2.53 bits per heavy atom. The van der Waals surface area contributed by atoms with Crippen LogP contribution in [0.5, 0.6) is 5.75 Å². The van der Waals surface area contributed by atoms with Crippen molar-refractivity contribution in [3.8, 4) is 5.75 Å². The van der Waals surface area contributed by atoms with Gasteiger partial charge < -0.3 is 10.4 Å². The van der Waals surface area contributed by atoms with Gasteiger partial charge in [-0.1, -0.05) is 24.3 Å². The highest BCUT2D eigenvalue weighted by Gasteiger charge is 2.03. The summed E-state index contributed by atoms with van der Waals surface area (Å²) in [6, 6.07) is 16.3. The van der Waals surface area contributed by atoms with Gasteiger partial charge in [-0.25, -0.2) is 0 Å². The van der Waals surface area contributed by atoms with E-state index in [1.54, 1.807) is 12.1 Å². The summed E-state index contributed by atoms with van der Waals surface area (Å²) < 4.78 is 0. The van der Waals surface area contributed by atoms with E-state index in [2.05, 4.69) is 43.4 Å². The summed E-state index contributed by atoms with van der Waals surface area (Å²) in [5.74, 6) is 0.328. The molecule has 1 atom stereocenters. The molecule has 0 amide bonds. The van der Waals surface area contributed by atoms with Gasteiger partial charge in [-0.2, -0.15) is 0 Å². The van der Waals surface area contributed by atoms with Crippen LogP contribution in [-0.4, -0.2) is 11.1 Å². The normalized spacial score (nSPS) is 12.1. The van der Waals surface area contributed by atoms with Crippen LogP contribution in [0.1, 0.15) is 24.5 Å². The van der Waals surface area contributed by atoms with Crippen molar-refractivity contribution in [1.82, 2.24) is 0 Å². The topological polar surface area (TPSA) is 32.3 Å². The number of aryl methyl sites for hydroxylation is 2. The first-order chi connectivity index (χ1) is 9.13. The molecular weight excluding hydrogens is 234 g/mol. The lowest BCUT2D eigenvalue weighted by molar-refractivity contribution is 0.475. The van der Waals surface area contributed by atoms with Crippen LogP contribution in [-0.2, 0) is 6.42 Å². The Bertz CT molecular complexity index is 519. The van der Waals surface area contributed by atoms with Crippen molar-refractivity contribution in [3.05, 3.63) is 59.7 Å². The second-order valence-corrected chi connectivity index (χ2v) is 5.12. The highest BCUT2D eigenvalue weighted by atomic mass is 16.3. The molecule has 0 aliphatic rings. The van der Waals surface area contributed by atoms with E-state index in [1.165, 1.54) is 16.8 Å². The van der Waals surface area contributed by atoms with Crippen molar-refractivity contribution in [1.29, 1.82) is 0 Å². The average Bonchev–Trinajstić information content (AvgIpc) is 2.38. The standard InChI is InChI=1S/C17H21NO/c1-13-4-3-5-16(12-13)18-14(2)6-7-15-8-10-17(19)11-9-15/h3-5,8-12,14,18-19H,6-7H2,1-2H3. The summed E-state index contributed by atoms with van der Waals surface area (Å²) in [6.07, 6.45) is 2.08. The lowest BCUT2D eigenvalue weighted by Gasteiger charge is -2.15. The van der Waals surface area contributed by atoms with Gasteiger partial charge in [-0.05, 0) is 62.1 Å². The van der Waals surface area contributed by atoms with E-state index in [0.717, 1.165) is 12.8 Å². The molecule has 1 unspecified atom stereocenters. The van der Waals surface area contributed by atoms with Gasteiger partial charge in [-0.3, -0.25) is 0 Å². The Morgan fingerprint density at radius 1 is 1.11 bits per heavy atom.